The highest BCUT2D eigenvalue weighted by Crippen LogP contribution is 2.32. The highest BCUT2D eigenvalue weighted by atomic mass is 35.5. The van der Waals surface area contributed by atoms with Crippen molar-refractivity contribution in [3.05, 3.63) is 51.8 Å². The number of imidazole rings is 1. The fourth-order valence-electron chi connectivity index (χ4n) is 2.57. The number of rotatable bonds is 3. The van der Waals surface area contributed by atoms with Crippen molar-refractivity contribution in [1.29, 1.82) is 0 Å². The standard InChI is InChI=1S/C15H16Cl2FN3O/c1-20-3-2-19-15(20)9-21-4-5-22-14(8-21)10-6-13(18)12(17)7-11(10)16/h2-3,6-7,14H,4-5,8-9H2,1H3. The fourth-order valence-corrected chi connectivity index (χ4v) is 3.07. The smallest absolute Gasteiger partial charge is 0.142 e. The fraction of sp³-hybridized carbons (Fsp3) is 0.400. The third-order valence-corrected chi connectivity index (χ3v) is 4.44. The number of aryl methyl sites for hydroxylation is 1. The first-order valence-corrected chi connectivity index (χ1v) is 7.75. The van der Waals surface area contributed by atoms with Gasteiger partial charge in [-0.05, 0) is 12.1 Å². The lowest BCUT2D eigenvalue weighted by molar-refractivity contribution is -0.0339. The molecule has 1 aromatic heterocycles. The van der Waals surface area contributed by atoms with E-state index in [1.807, 2.05) is 17.8 Å². The van der Waals surface area contributed by atoms with Crippen molar-refractivity contribution in [1.82, 2.24) is 14.5 Å². The zero-order valence-corrected chi connectivity index (χ0v) is 13.6. The Morgan fingerprint density at radius 1 is 1.36 bits per heavy atom. The van der Waals surface area contributed by atoms with Gasteiger partial charge >= 0.3 is 0 Å². The Morgan fingerprint density at radius 3 is 2.91 bits per heavy atom. The lowest BCUT2D eigenvalue weighted by Crippen LogP contribution is -2.38. The lowest BCUT2D eigenvalue weighted by atomic mass is 10.1. The van der Waals surface area contributed by atoms with Gasteiger partial charge in [-0.1, -0.05) is 23.2 Å². The van der Waals surface area contributed by atoms with Crippen molar-refractivity contribution >= 4 is 23.2 Å². The van der Waals surface area contributed by atoms with E-state index in [0.717, 1.165) is 18.9 Å². The predicted molar refractivity (Wildman–Crippen MR) is 83.6 cm³/mol. The van der Waals surface area contributed by atoms with Gasteiger partial charge in [0.2, 0.25) is 0 Å². The molecule has 1 aliphatic rings. The molecule has 1 unspecified atom stereocenters. The molecule has 0 N–H and O–H groups in total. The summed E-state index contributed by atoms with van der Waals surface area (Å²) in [6.45, 7) is 2.72. The first-order chi connectivity index (χ1) is 10.5. The molecule has 0 saturated carbocycles. The summed E-state index contributed by atoms with van der Waals surface area (Å²) in [5, 5.41) is 0.449. The van der Waals surface area contributed by atoms with Gasteiger partial charge in [-0.25, -0.2) is 9.37 Å². The summed E-state index contributed by atoms with van der Waals surface area (Å²) >= 11 is 11.9. The molecule has 0 radical (unpaired) electrons. The molecule has 1 atom stereocenters. The maximum Gasteiger partial charge on any atom is 0.142 e. The minimum absolute atomic E-state index is 0.0226. The normalized spacial score (nSPS) is 19.5. The number of ether oxygens (including phenoxy) is 1. The summed E-state index contributed by atoms with van der Waals surface area (Å²) in [5.41, 5.74) is 0.633. The number of hydrogen-bond donors (Lipinski definition) is 0. The minimum atomic E-state index is -0.481. The molecule has 0 amide bonds. The van der Waals surface area contributed by atoms with Crippen LogP contribution in [0.4, 0.5) is 4.39 Å². The Labute approximate surface area is 138 Å². The quantitative estimate of drug-likeness (QED) is 0.799. The first-order valence-electron chi connectivity index (χ1n) is 6.99. The van der Waals surface area contributed by atoms with Gasteiger partial charge in [0.15, 0.2) is 0 Å². The summed E-state index contributed by atoms with van der Waals surface area (Å²) in [7, 11) is 1.96. The molecule has 0 spiro atoms. The number of aromatic nitrogens is 2. The Morgan fingerprint density at radius 2 is 2.18 bits per heavy atom. The van der Waals surface area contributed by atoms with Crippen LogP contribution in [-0.2, 0) is 18.3 Å². The summed E-state index contributed by atoms with van der Waals surface area (Å²) in [6, 6.07) is 2.79. The molecule has 118 valence electrons. The molecule has 3 rings (SSSR count). The molecule has 2 aromatic rings. The maximum absolute atomic E-state index is 13.7. The highest BCUT2D eigenvalue weighted by Gasteiger charge is 2.25. The van der Waals surface area contributed by atoms with Gasteiger partial charge in [-0.15, -0.1) is 0 Å². The monoisotopic (exact) mass is 343 g/mol. The van der Waals surface area contributed by atoms with Crippen LogP contribution < -0.4 is 0 Å². The zero-order chi connectivity index (χ0) is 15.7. The third-order valence-electron chi connectivity index (χ3n) is 3.82. The van der Waals surface area contributed by atoms with E-state index >= 15 is 0 Å². The third kappa shape index (κ3) is 3.27. The van der Waals surface area contributed by atoms with Crippen molar-refractivity contribution in [3.8, 4) is 0 Å². The lowest BCUT2D eigenvalue weighted by Gasteiger charge is -2.33. The molecule has 1 aliphatic heterocycles. The van der Waals surface area contributed by atoms with Crippen LogP contribution in [0.1, 0.15) is 17.5 Å². The van der Waals surface area contributed by atoms with Gasteiger partial charge in [-0.3, -0.25) is 4.90 Å². The van der Waals surface area contributed by atoms with Crippen LogP contribution in [0.2, 0.25) is 10.0 Å². The van der Waals surface area contributed by atoms with Crippen LogP contribution in [0.15, 0.2) is 24.5 Å². The largest absolute Gasteiger partial charge is 0.371 e. The van der Waals surface area contributed by atoms with Crippen molar-refractivity contribution in [3.63, 3.8) is 0 Å². The SMILES string of the molecule is Cn1ccnc1CN1CCOC(c2cc(F)c(Cl)cc2Cl)C1. The van der Waals surface area contributed by atoms with Crippen LogP contribution in [0.5, 0.6) is 0 Å². The van der Waals surface area contributed by atoms with Gasteiger partial charge in [0.25, 0.3) is 0 Å². The second-order valence-corrected chi connectivity index (χ2v) is 6.15. The molecule has 1 aromatic carbocycles. The molecular weight excluding hydrogens is 328 g/mol. The van der Waals surface area contributed by atoms with E-state index in [0.29, 0.717) is 23.7 Å². The summed E-state index contributed by atoms with van der Waals surface area (Å²) < 4.78 is 21.4. The number of halogens is 3. The van der Waals surface area contributed by atoms with Crippen molar-refractivity contribution in [2.45, 2.75) is 12.6 Å². The molecule has 1 saturated heterocycles. The summed E-state index contributed by atoms with van der Waals surface area (Å²) in [6.07, 6.45) is 3.42. The molecule has 4 nitrogen and oxygen atoms in total. The predicted octanol–water partition coefficient (Wildman–Crippen LogP) is 3.44. The van der Waals surface area contributed by atoms with Gasteiger partial charge in [0, 0.05) is 43.1 Å². The van der Waals surface area contributed by atoms with Gasteiger partial charge < -0.3 is 9.30 Å². The molecular formula is C15H16Cl2FN3O. The first kappa shape index (κ1) is 15.7. The van der Waals surface area contributed by atoms with E-state index in [2.05, 4.69) is 9.88 Å². The Bertz CT molecular complexity index is 677. The van der Waals surface area contributed by atoms with Gasteiger partial charge in [0.1, 0.15) is 11.6 Å². The van der Waals surface area contributed by atoms with Crippen LogP contribution in [0, 0.1) is 5.82 Å². The molecule has 22 heavy (non-hydrogen) atoms. The number of nitrogens with zero attached hydrogens (tertiary/aromatic N) is 3. The van der Waals surface area contributed by atoms with Crippen LogP contribution in [0.3, 0.4) is 0 Å². The van der Waals surface area contributed by atoms with Crippen molar-refractivity contribution in [2.75, 3.05) is 19.7 Å². The average Bonchev–Trinajstić information content (AvgIpc) is 2.88. The Hall–Kier alpha value is -1.14. The van der Waals surface area contributed by atoms with E-state index in [1.54, 1.807) is 6.20 Å². The van der Waals surface area contributed by atoms with E-state index < -0.39 is 5.82 Å². The molecule has 2 heterocycles. The van der Waals surface area contributed by atoms with Gasteiger partial charge in [0.05, 0.1) is 24.3 Å². The molecule has 7 heteroatoms. The topological polar surface area (TPSA) is 30.3 Å². The number of morpholine rings is 1. The Kier molecular flexibility index (Phi) is 4.68. The van der Waals surface area contributed by atoms with E-state index in [1.165, 1.54) is 12.1 Å². The van der Waals surface area contributed by atoms with Crippen molar-refractivity contribution in [2.24, 2.45) is 7.05 Å². The maximum atomic E-state index is 13.7. The van der Waals surface area contributed by atoms with E-state index in [4.69, 9.17) is 27.9 Å². The molecule has 1 fully saturated rings. The van der Waals surface area contributed by atoms with E-state index in [-0.39, 0.29) is 11.1 Å². The number of hydrogen-bond acceptors (Lipinski definition) is 3. The average molecular weight is 344 g/mol. The summed E-state index contributed by atoms with van der Waals surface area (Å²) in [4.78, 5) is 6.55. The van der Waals surface area contributed by atoms with Crippen LogP contribution in [0.25, 0.3) is 0 Å². The highest BCUT2D eigenvalue weighted by molar-refractivity contribution is 6.35. The second kappa shape index (κ2) is 6.54. The number of benzene rings is 1. The summed E-state index contributed by atoms with van der Waals surface area (Å²) in [5.74, 6) is 0.500. The van der Waals surface area contributed by atoms with Gasteiger partial charge in [-0.2, -0.15) is 0 Å². The molecule has 0 bridgehead atoms. The molecule has 0 aliphatic carbocycles. The van der Waals surface area contributed by atoms with Crippen molar-refractivity contribution < 1.29 is 9.13 Å². The van der Waals surface area contributed by atoms with Crippen LogP contribution >= 0.6 is 23.2 Å². The zero-order valence-electron chi connectivity index (χ0n) is 12.1. The second-order valence-electron chi connectivity index (χ2n) is 5.34. The Balaban J connectivity index is 1.76. The van der Waals surface area contributed by atoms with Crippen LogP contribution in [-0.4, -0.2) is 34.1 Å². The minimum Gasteiger partial charge on any atom is -0.371 e. The van der Waals surface area contributed by atoms with E-state index in [9.17, 15) is 4.39 Å².